The van der Waals surface area contributed by atoms with E-state index in [0.29, 0.717) is 23.2 Å². The molecule has 124 valence electrons. The van der Waals surface area contributed by atoms with Crippen LogP contribution in [0.4, 0.5) is 4.39 Å². The van der Waals surface area contributed by atoms with Gasteiger partial charge in [-0.05, 0) is 36.8 Å². The summed E-state index contributed by atoms with van der Waals surface area (Å²) in [4.78, 5) is 12.3. The zero-order valence-corrected chi connectivity index (χ0v) is 13.2. The van der Waals surface area contributed by atoms with Gasteiger partial charge in [0.15, 0.2) is 0 Å². The molecule has 1 atom stereocenters. The minimum absolute atomic E-state index is 0.106. The maximum absolute atomic E-state index is 13.5. The van der Waals surface area contributed by atoms with Gasteiger partial charge in [0.2, 0.25) is 0 Å². The SMILES string of the molecule is CCC(CO)NC(=O)c1ccc2[nH]nc(-c3cccc(F)c3)c2c1. The predicted octanol–water partition coefficient (Wildman–Crippen LogP) is 2.87. The zero-order valence-electron chi connectivity index (χ0n) is 13.2. The Hall–Kier alpha value is -2.73. The molecule has 1 unspecified atom stereocenters. The fourth-order valence-corrected chi connectivity index (χ4v) is 2.56. The standard InChI is InChI=1S/C18H18FN3O2/c1-2-14(10-23)20-18(24)12-6-7-16-15(9-12)17(22-21-16)11-4-3-5-13(19)8-11/h3-9,14,23H,2,10H2,1H3,(H,20,24)(H,21,22). The smallest absolute Gasteiger partial charge is 0.251 e. The first-order chi connectivity index (χ1) is 11.6. The number of hydrogen-bond donors (Lipinski definition) is 3. The van der Waals surface area contributed by atoms with Crippen LogP contribution < -0.4 is 5.32 Å². The Morgan fingerprint density at radius 3 is 2.88 bits per heavy atom. The first-order valence-electron chi connectivity index (χ1n) is 7.78. The maximum Gasteiger partial charge on any atom is 0.251 e. The monoisotopic (exact) mass is 327 g/mol. The summed E-state index contributed by atoms with van der Waals surface area (Å²) >= 11 is 0. The highest BCUT2D eigenvalue weighted by atomic mass is 19.1. The van der Waals surface area contributed by atoms with E-state index in [1.165, 1.54) is 12.1 Å². The number of fused-ring (bicyclic) bond motifs is 1. The molecule has 5 nitrogen and oxygen atoms in total. The van der Waals surface area contributed by atoms with E-state index in [0.717, 1.165) is 10.9 Å². The number of aliphatic hydroxyl groups excluding tert-OH is 1. The van der Waals surface area contributed by atoms with Crippen LogP contribution in [0.3, 0.4) is 0 Å². The average Bonchev–Trinajstić information content (AvgIpc) is 3.02. The number of rotatable bonds is 5. The summed E-state index contributed by atoms with van der Waals surface area (Å²) in [6, 6.07) is 11.1. The van der Waals surface area contributed by atoms with Crippen molar-refractivity contribution in [3.05, 3.63) is 53.8 Å². The van der Waals surface area contributed by atoms with Crippen LogP contribution in [0.5, 0.6) is 0 Å². The number of halogens is 1. The molecule has 0 aliphatic carbocycles. The van der Waals surface area contributed by atoms with Crippen LogP contribution in [-0.2, 0) is 0 Å². The number of aromatic amines is 1. The fraction of sp³-hybridized carbons (Fsp3) is 0.222. The Bertz CT molecular complexity index is 872. The second-order valence-electron chi connectivity index (χ2n) is 5.60. The molecule has 1 aromatic heterocycles. The Morgan fingerprint density at radius 1 is 1.33 bits per heavy atom. The van der Waals surface area contributed by atoms with Crippen LogP contribution >= 0.6 is 0 Å². The van der Waals surface area contributed by atoms with Crippen molar-refractivity contribution in [2.24, 2.45) is 0 Å². The Balaban J connectivity index is 1.98. The summed E-state index contributed by atoms with van der Waals surface area (Å²) in [6.07, 6.45) is 0.644. The zero-order chi connectivity index (χ0) is 17.1. The van der Waals surface area contributed by atoms with Gasteiger partial charge in [-0.15, -0.1) is 0 Å². The number of nitrogens with one attached hydrogen (secondary N) is 2. The normalized spacial score (nSPS) is 12.3. The lowest BCUT2D eigenvalue weighted by atomic mass is 10.0. The van der Waals surface area contributed by atoms with Crippen molar-refractivity contribution in [2.45, 2.75) is 19.4 Å². The van der Waals surface area contributed by atoms with E-state index in [1.807, 2.05) is 6.92 Å². The van der Waals surface area contributed by atoms with Crippen molar-refractivity contribution in [3.8, 4) is 11.3 Å². The van der Waals surface area contributed by atoms with Crippen molar-refractivity contribution >= 4 is 16.8 Å². The minimum Gasteiger partial charge on any atom is -0.394 e. The molecule has 0 spiro atoms. The van der Waals surface area contributed by atoms with E-state index in [-0.39, 0.29) is 24.4 Å². The van der Waals surface area contributed by atoms with Gasteiger partial charge in [-0.25, -0.2) is 4.39 Å². The second-order valence-corrected chi connectivity index (χ2v) is 5.60. The number of H-pyrrole nitrogens is 1. The fourth-order valence-electron chi connectivity index (χ4n) is 2.56. The molecule has 0 aliphatic rings. The quantitative estimate of drug-likeness (QED) is 0.674. The topological polar surface area (TPSA) is 78.0 Å². The number of amides is 1. The average molecular weight is 327 g/mol. The van der Waals surface area contributed by atoms with Crippen LogP contribution in [0, 0.1) is 5.82 Å². The molecule has 0 radical (unpaired) electrons. The molecule has 6 heteroatoms. The summed E-state index contributed by atoms with van der Waals surface area (Å²) in [5.74, 6) is -0.601. The van der Waals surface area contributed by atoms with Crippen LogP contribution in [0.25, 0.3) is 22.2 Å². The van der Waals surface area contributed by atoms with Gasteiger partial charge in [-0.3, -0.25) is 9.89 Å². The van der Waals surface area contributed by atoms with Crippen LogP contribution in [-0.4, -0.2) is 33.9 Å². The molecule has 1 amide bonds. The Labute approximate surface area is 138 Å². The molecule has 3 N–H and O–H groups in total. The van der Waals surface area contributed by atoms with E-state index in [4.69, 9.17) is 0 Å². The molecule has 0 aliphatic heterocycles. The second kappa shape index (κ2) is 6.80. The number of carbonyl (C=O) groups is 1. The van der Waals surface area contributed by atoms with Gasteiger partial charge < -0.3 is 10.4 Å². The largest absolute Gasteiger partial charge is 0.394 e. The van der Waals surface area contributed by atoms with E-state index < -0.39 is 0 Å². The van der Waals surface area contributed by atoms with Crippen LogP contribution in [0.2, 0.25) is 0 Å². The van der Waals surface area contributed by atoms with Gasteiger partial charge in [-0.2, -0.15) is 5.10 Å². The maximum atomic E-state index is 13.5. The lowest BCUT2D eigenvalue weighted by molar-refractivity contribution is 0.0915. The summed E-state index contributed by atoms with van der Waals surface area (Å²) in [6.45, 7) is 1.78. The molecule has 0 fully saturated rings. The first-order valence-corrected chi connectivity index (χ1v) is 7.78. The Kier molecular flexibility index (Phi) is 4.57. The summed E-state index contributed by atoms with van der Waals surface area (Å²) < 4.78 is 13.5. The third kappa shape index (κ3) is 3.14. The van der Waals surface area contributed by atoms with Crippen LogP contribution in [0.15, 0.2) is 42.5 Å². The van der Waals surface area contributed by atoms with E-state index in [2.05, 4.69) is 15.5 Å². The highest BCUT2D eigenvalue weighted by molar-refractivity contribution is 6.01. The lowest BCUT2D eigenvalue weighted by Gasteiger charge is -2.14. The minimum atomic E-state index is -0.341. The summed E-state index contributed by atoms with van der Waals surface area (Å²) in [7, 11) is 0. The van der Waals surface area contributed by atoms with Gasteiger partial charge in [0.05, 0.1) is 18.2 Å². The van der Waals surface area contributed by atoms with Crippen molar-refractivity contribution in [2.75, 3.05) is 6.61 Å². The molecule has 0 bridgehead atoms. The van der Waals surface area contributed by atoms with Gasteiger partial charge in [0.1, 0.15) is 11.5 Å². The van der Waals surface area contributed by atoms with E-state index in [1.54, 1.807) is 30.3 Å². The number of carbonyl (C=O) groups excluding carboxylic acids is 1. The van der Waals surface area contributed by atoms with Gasteiger partial charge >= 0.3 is 0 Å². The molecule has 2 aromatic carbocycles. The third-order valence-electron chi connectivity index (χ3n) is 3.97. The van der Waals surface area contributed by atoms with Gasteiger partial charge in [-0.1, -0.05) is 19.1 Å². The molecular weight excluding hydrogens is 309 g/mol. The predicted molar refractivity (Wildman–Crippen MR) is 90.1 cm³/mol. The highest BCUT2D eigenvalue weighted by Gasteiger charge is 2.14. The number of hydrogen-bond acceptors (Lipinski definition) is 3. The summed E-state index contributed by atoms with van der Waals surface area (Å²) in [5.41, 5.74) is 2.46. The number of nitrogens with zero attached hydrogens (tertiary/aromatic N) is 1. The number of aromatic nitrogens is 2. The highest BCUT2D eigenvalue weighted by Crippen LogP contribution is 2.27. The van der Waals surface area contributed by atoms with Crippen molar-refractivity contribution < 1.29 is 14.3 Å². The Morgan fingerprint density at radius 2 is 2.17 bits per heavy atom. The lowest BCUT2D eigenvalue weighted by Crippen LogP contribution is -2.36. The van der Waals surface area contributed by atoms with Gasteiger partial charge in [0, 0.05) is 16.5 Å². The number of aliphatic hydroxyl groups is 1. The molecule has 1 heterocycles. The summed E-state index contributed by atoms with van der Waals surface area (Å²) in [5, 5.41) is 19.9. The molecule has 24 heavy (non-hydrogen) atoms. The van der Waals surface area contributed by atoms with Crippen LogP contribution in [0.1, 0.15) is 23.7 Å². The van der Waals surface area contributed by atoms with E-state index in [9.17, 15) is 14.3 Å². The number of benzene rings is 2. The molecular formula is C18H18FN3O2. The van der Waals surface area contributed by atoms with Crippen molar-refractivity contribution in [3.63, 3.8) is 0 Å². The molecule has 3 aromatic rings. The van der Waals surface area contributed by atoms with Crippen molar-refractivity contribution in [1.29, 1.82) is 0 Å². The molecule has 0 saturated heterocycles. The van der Waals surface area contributed by atoms with Gasteiger partial charge in [0.25, 0.3) is 5.91 Å². The molecule has 0 saturated carbocycles. The third-order valence-corrected chi connectivity index (χ3v) is 3.97. The van der Waals surface area contributed by atoms with Crippen molar-refractivity contribution in [1.82, 2.24) is 15.5 Å². The first kappa shape index (κ1) is 16.1. The molecule has 3 rings (SSSR count). The van der Waals surface area contributed by atoms with E-state index >= 15 is 0 Å².